The monoisotopic (exact) mass is 232 g/mol. The van der Waals surface area contributed by atoms with Crippen molar-refractivity contribution in [1.82, 2.24) is 0 Å². The molecule has 0 aliphatic heterocycles. The van der Waals surface area contributed by atoms with Gasteiger partial charge in [0.15, 0.2) is 5.78 Å². The second-order valence-electron chi connectivity index (χ2n) is 4.90. The van der Waals surface area contributed by atoms with Crippen LogP contribution in [0.3, 0.4) is 0 Å². The van der Waals surface area contributed by atoms with E-state index in [1.807, 2.05) is 32.9 Å². The minimum Gasteiger partial charge on any atom is -0.370 e. The normalized spacial score (nSPS) is 16.9. The molecule has 1 aliphatic carbocycles. The Bertz CT molecular complexity index is 419. The standard InChI is InChI=1S/C15H20O2/c1-4-17-15(12-6-7-12)14(16)13-8-5-10(2)9-11(13)3/h5,8-9,12,15H,4,6-7H2,1-3H3. The van der Waals surface area contributed by atoms with Crippen LogP contribution < -0.4 is 0 Å². The van der Waals surface area contributed by atoms with E-state index < -0.39 is 0 Å². The predicted molar refractivity (Wildman–Crippen MR) is 68.4 cm³/mol. The lowest BCUT2D eigenvalue weighted by Gasteiger charge is -2.16. The first-order valence-electron chi connectivity index (χ1n) is 6.36. The van der Waals surface area contributed by atoms with Gasteiger partial charge in [-0.05, 0) is 45.1 Å². The van der Waals surface area contributed by atoms with Gasteiger partial charge in [-0.1, -0.05) is 23.8 Å². The van der Waals surface area contributed by atoms with Crippen LogP contribution in [-0.4, -0.2) is 18.5 Å². The van der Waals surface area contributed by atoms with Crippen molar-refractivity contribution in [3.05, 3.63) is 34.9 Å². The molecule has 1 atom stereocenters. The fourth-order valence-corrected chi connectivity index (χ4v) is 2.25. The third kappa shape index (κ3) is 2.75. The van der Waals surface area contributed by atoms with Gasteiger partial charge in [0.1, 0.15) is 6.10 Å². The highest BCUT2D eigenvalue weighted by molar-refractivity contribution is 6.01. The number of rotatable bonds is 5. The van der Waals surface area contributed by atoms with E-state index in [0.717, 1.165) is 24.0 Å². The minimum atomic E-state index is -0.221. The lowest BCUT2D eigenvalue weighted by Crippen LogP contribution is -2.27. The third-order valence-corrected chi connectivity index (χ3v) is 3.30. The molecule has 1 aromatic rings. The van der Waals surface area contributed by atoms with E-state index in [4.69, 9.17) is 4.74 Å². The predicted octanol–water partition coefficient (Wildman–Crippen LogP) is 3.30. The molecule has 1 saturated carbocycles. The zero-order valence-electron chi connectivity index (χ0n) is 10.8. The lowest BCUT2D eigenvalue weighted by molar-refractivity contribution is 0.0374. The fraction of sp³-hybridized carbons (Fsp3) is 0.533. The van der Waals surface area contributed by atoms with Gasteiger partial charge in [-0.15, -0.1) is 0 Å². The largest absolute Gasteiger partial charge is 0.370 e. The van der Waals surface area contributed by atoms with E-state index >= 15 is 0 Å². The molecule has 2 nitrogen and oxygen atoms in total. The summed E-state index contributed by atoms with van der Waals surface area (Å²) in [5, 5.41) is 0. The van der Waals surface area contributed by atoms with E-state index in [2.05, 4.69) is 6.07 Å². The molecule has 0 radical (unpaired) electrons. The van der Waals surface area contributed by atoms with E-state index in [1.54, 1.807) is 0 Å². The molecule has 2 rings (SSSR count). The number of benzene rings is 1. The fourth-order valence-electron chi connectivity index (χ4n) is 2.25. The van der Waals surface area contributed by atoms with Crippen LogP contribution >= 0.6 is 0 Å². The average molecular weight is 232 g/mol. The summed E-state index contributed by atoms with van der Waals surface area (Å²) in [5.74, 6) is 0.606. The highest BCUT2D eigenvalue weighted by atomic mass is 16.5. The molecule has 17 heavy (non-hydrogen) atoms. The van der Waals surface area contributed by atoms with Gasteiger partial charge in [0, 0.05) is 12.2 Å². The summed E-state index contributed by atoms with van der Waals surface area (Å²) in [7, 11) is 0. The molecule has 1 aliphatic rings. The molecule has 0 N–H and O–H groups in total. The lowest BCUT2D eigenvalue weighted by atomic mass is 9.97. The van der Waals surface area contributed by atoms with Gasteiger partial charge < -0.3 is 4.74 Å². The van der Waals surface area contributed by atoms with Crippen molar-refractivity contribution in [2.75, 3.05) is 6.61 Å². The van der Waals surface area contributed by atoms with Crippen molar-refractivity contribution in [1.29, 1.82) is 0 Å². The SMILES string of the molecule is CCOC(C(=O)c1ccc(C)cc1C)C1CC1. The molecular weight excluding hydrogens is 212 g/mol. The van der Waals surface area contributed by atoms with E-state index in [1.165, 1.54) is 5.56 Å². The van der Waals surface area contributed by atoms with Crippen LogP contribution in [-0.2, 0) is 4.74 Å². The smallest absolute Gasteiger partial charge is 0.192 e. The van der Waals surface area contributed by atoms with Gasteiger partial charge in [0.2, 0.25) is 0 Å². The van der Waals surface area contributed by atoms with E-state index in [9.17, 15) is 4.79 Å². The number of aryl methyl sites for hydroxylation is 2. The maximum absolute atomic E-state index is 12.4. The van der Waals surface area contributed by atoms with Crippen LogP contribution in [0.15, 0.2) is 18.2 Å². The molecule has 0 aromatic heterocycles. The highest BCUT2D eigenvalue weighted by Gasteiger charge is 2.37. The number of carbonyl (C=O) groups excluding carboxylic acids is 1. The topological polar surface area (TPSA) is 26.3 Å². The Morgan fingerprint density at radius 2 is 2.12 bits per heavy atom. The van der Waals surface area contributed by atoms with Crippen molar-refractivity contribution in [3.63, 3.8) is 0 Å². The highest BCUT2D eigenvalue weighted by Crippen LogP contribution is 2.36. The van der Waals surface area contributed by atoms with Crippen LogP contribution in [0, 0.1) is 19.8 Å². The van der Waals surface area contributed by atoms with Crippen LogP contribution in [0.1, 0.15) is 41.3 Å². The van der Waals surface area contributed by atoms with Crippen molar-refractivity contribution < 1.29 is 9.53 Å². The molecule has 1 fully saturated rings. The first-order chi connectivity index (χ1) is 8.13. The summed E-state index contributed by atoms with van der Waals surface area (Å²) >= 11 is 0. The molecule has 1 unspecified atom stereocenters. The second kappa shape index (κ2) is 5.01. The van der Waals surface area contributed by atoms with E-state index in [0.29, 0.717) is 12.5 Å². The molecule has 0 bridgehead atoms. The number of Topliss-reactive ketones (excluding diaryl/α,β-unsaturated/α-hetero) is 1. The second-order valence-corrected chi connectivity index (χ2v) is 4.90. The summed E-state index contributed by atoms with van der Waals surface area (Å²) in [6, 6.07) is 5.99. The van der Waals surface area contributed by atoms with Gasteiger partial charge in [-0.25, -0.2) is 0 Å². The number of ether oxygens (including phenoxy) is 1. The third-order valence-electron chi connectivity index (χ3n) is 3.30. The number of hydrogen-bond acceptors (Lipinski definition) is 2. The molecular formula is C15H20O2. The minimum absolute atomic E-state index is 0.159. The maximum atomic E-state index is 12.4. The Morgan fingerprint density at radius 1 is 1.41 bits per heavy atom. The van der Waals surface area contributed by atoms with Crippen molar-refractivity contribution in [3.8, 4) is 0 Å². The molecule has 0 heterocycles. The Balaban J connectivity index is 2.22. The quantitative estimate of drug-likeness (QED) is 0.728. The first-order valence-corrected chi connectivity index (χ1v) is 6.36. The van der Waals surface area contributed by atoms with Crippen molar-refractivity contribution in [2.45, 2.75) is 39.7 Å². The zero-order valence-corrected chi connectivity index (χ0v) is 10.8. The molecule has 0 spiro atoms. The summed E-state index contributed by atoms with van der Waals surface area (Å²) in [4.78, 5) is 12.4. The summed E-state index contributed by atoms with van der Waals surface area (Å²) in [6.07, 6.45) is 2.03. The van der Waals surface area contributed by atoms with Crippen molar-refractivity contribution in [2.24, 2.45) is 5.92 Å². The maximum Gasteiger partial charge on any atom is 0.192 e. The van der Waals surface area contributed by atoms with Crippen molar-refractivity contribution >= 4 is 5.78 Å². The molecule has 2 heteroatoms. The average Bonchev–Trinajstić information content (AvgIpc) is 3.09. The Kier molecular flexibility index (Phi) is 3.63. The van der Waals surface area contributed by atoms with Gasteiger partial charge in [-0.3, -0.25) is 4.79 Å². The number of ketones is 1. The van der Waals surface area contributed by atoms with Crippen LogP contribution in [0.4, 0.5) is 0 Å². The van der Waals surface area contributed by atoms with Gasteiger partial charge in [-0.2, -0.15) is 0 Å². The molecule has 92 valence electrons. The first kappa shape index (κ1) is 12.3. The number of carbonyl (C=O) groups is 1. The van der Waals surface area contributed by atoms with Crippen LogP contribution in [0.25, 0.3) is 0 Å². The summed E-state index contributed by atoms with van der Waals surface area (Å²) < 4.78 is 5.62. The summed E-state index contributed by atoms with van der Waals surface area (Å²) in [5.41, 5.74) is 3.07. The zero-order chi connectivity index (χ0) is 12.4. The molecule has 1 aromatic carbocycles. The van der Waals surface area contributed by atoms with Gasteiger partial charge in [0.05, 0.1) is 0 Å². The Labute approximate surface area is 103 Å². The Morgan fingerprint density at radius 3 is 2.65 bits per heavy atom. The molecule has 0 amide bonds. The number of hydrogen-bond donors (Lipinski definition) is 0. The summed E-state index contributed by atoms with van der Waals surface area (Å²) in [6.45, 7) is 6.60. The van der Waals surface area contributed by atoms with Gasteiger partial charge >= 0.3 is 0 Å². The van der Waals surface area contributed by atoms with Crippen LogP contribution in [0.2, 0.25) is 0 Å². The van der Waals surface area contributed by atoms with E-state index in [-0.39, 0.29) is 11.9 Å². The van der Waals surface area contributed by atoms with Crippen LogP contribution in [0.5, 0.6) is 0 Å². The van der Waals surface area contributed by atoms with Gasteiger partial charge in [0.25, 0.3) is 0 Å². The Hall–Kier alpha value is -1.15. The molecule has 0 saturated heterocycles.